The van der Waals surface area contributed by atoms with Gasteiger partial charge in [-0.2, -0.15) is 0 Å². The van der Waals surface area contributed by atoms with E-state index in [9.17, 15) is 0 Å². The molecule has 0 saturated heterocycles. The highest BCUT2D eigenvalue weighted by Crippen LogP contribution is 2.28. The summed E-state index contributed by atoms with van der Waals surface area (Å²) in [4.78, 5) is 12.6. The first kappa shape index (κ1) is 27.3. The summed E-state index contributed by atoms with van der Waals surface area (Å²) in [5.74, 6) is 0. The minimum Gasteiger partial charge on any atom is -0.463 e. The number of likely N-dealkylation sites (N-methyl/N-ethyl adjacent to an activating group) is 2. The predicted octanol–water partition coefficient (Wildman–Crippen LogP) is 4.68. The first-order valence-corrected chi connectivity index (χ1v) is 12.5. The molecule has 0 aromatic heterocycles. The van der Waals surface area contributed by atoms with E-state index >= 15 is 0 Å². The van der Waals surface area contributed by atoms with Gasteiger partial charge >= 0.3 is 0 Å². The van der Waals surface area contributed by atoms with E-state index in [0.29, 0.717) is 33.3 Å². The molecule has 2 aliphatic rings. The van der Waals surface area contributed by atoms with Crippen molar-refractivity contribution >= 4 is 69.8 Å². The van der Waals surface area contributed by atoms with E-state index in [1.165, 1.54) is 0 Å². The predicted molar refractivity (Wildman–Crippen MR) is 147 cm³/mol. The van der Waals surface area contributed by atoms with Crippen LogP contribution in [0.5, 0.6) is 0 Å². The molecular weight excluding hydrogens is 534 g/mol. The Hall–Kier alpha value is -2.26. The maximum atomic E-state index is 6.02. The van der Waals surface area contributed by atoms with Crippen molar-refractivity contribution < 1.29 is 9.47 Å². The lowest BCUT2D eigenvalue weighted by Crippen LogP contribution is -2.32. The summed E-state index contributed by atoms with van der Waals surface area (Å²) in [5, 5.41) is 2.21. The fourth-order valence-corrected chi connectivity index (χ4v) is 4.14. The summed E-state index contributed by atoms with van der Waals surface area (Å²) in [6, 6.07) is 11.8. The van der Waals surface area contributed by atoms with Gasteiger partial charge in [0, 0.05) is 38.1 Å². The van der Waals surface area contributed by atoms with Crippen molar-refractivity contribution in [1.82, 2.24) is 0 Å². The molecule has 0 amide bonds. The Kier molecular flexibility index (Phi) is 9.86. The lowest BCUT2D eigenvalue weighted by Gasteiger charge is -2.25. The summed E-state index contributed by atoms with van der Waals surface area (Å²) in [5.41, 5.74) is 13.0. The largest absolute Gasteiger partial charge is 0.463 e. The number of aliphatic imine (C=N–C) groups is 2. The summed E-state index contributed by atoms with van der Waals surface area (Å²) < 4.78 is 10.2. The number of nitrogens with two attached hydrogens (primary N) is 2. The van der Waals surface area contributed by atoms with Crippen LogP contribution in [0.4, 0.5) is 11.4 Å². The van der Waals surface area contributed by atoms with Gasteiger partial charge in [0.05, 0.1) is 20.1 Å². The molecule has 2 aromatic rings. The second kappa shape index (κ2) is 12.6. The van der Waals surface area contributed by atoms with Crippen molar-refractivity contribution in [3.05, 3.63) is 56.5 Å². The zero-order valence-corrected chi connectivity index (χ0v) is 22.4. The lowest BCUT2D eigenvalue weighted by molar-refractivity contribution is 0.313. The van der Waals surface area contributed by atoms with Crippen LogP contribution in [0.15, 0.2) is 46.4 Å². The third-order valence-electron chi connectivity index (χ3n) is 5.38. The van der Waals surface area contributed by atoms with Crippen LogP contribution in [0, 0.1) is 0 Å². The van der Waals surface area contributed by atoms with Crippen molar-refractivity contribution in [1.29, 1.82) is 0 Å². The summed E-state index contributed by atoms with van der Waals surface area (Å²) >= 11 is 23.8. The third-order valence-corrected chi connectivity index (χ3v) is 6.85. The lowest BCUT2D eigenvalue weighted by atomic mass is 10.2. The molecular formula is C23H28Cl4N6O2. The molecule has 0 bridgehead atoms. The first-order valence-electron chi connectivity index (χ1n) is 10.9. The number of benzene rings is 2. The summed E-state index contributed by atoms with van der Waals surface area (Å²) in [7, 11) is 1.96. The van der Waals surface area contributed by atoms with Gasteiger partial charge in [-0.15, -0.1) is 0 Å². The van der Waals surface area contributed by atoms with Crippen molar-refractivity contribution in [3.63, 3.8) is 0 Å². The van der Waals surface area contributed by atoms with E-state index < -0.39 is 0 Å². The molecule has 0 spiro atoms. The highest BCUT2D eigenvalue weighted by Gasteiger charge is 2.20. The molecule has 4 rings (SSSR count). The summed E-state index contributed by atoms with van der Waals surface area (Å²) in [6.45, 7) is 5.45. The average molecular weight is 562 g/mol. The minimum atomic E-state index is 0.0643. The second-order valence-corrected chi connectivity index (χ2v) is 9.61. The zero-order chi connectivity index (χ0) is 25.5. The Morgan fingerprint density at radius 1 is 0.800 bits per heavy atom. The number of hydrogen-bond donors (Lipinski definition) is 2. The molecule has 8 nitrogen and oxygen atoms in total. The zero-order valence-electron chi connectivity index (χ0n) is 19.4. The number of hydrogen-bond acceptors (Lipinski definition) is 8. The van der Waals surface area contributed by atoms with E-state index in [-0.39, 0.29) is 24.1 Å². The van der Waals surface area contributed by atoms with Crippen LogP contribution in [0.3, 0.4) is 0 Å². The normalized spacial score (nSPS) is 18.6. The minimum absolute atomic E-state index is 0.0643. The van der Waals surface area contributed by atoms with Crippen molar-refractivity contribution in [3.8, 4) is 0 Å². The van der Waals surface area contributed by atoms with Crippen molar-refractivity contribution in [2.45, 2.75) is 19.0 Å². The van der Waals surface area contributed by atoms with E-state index in [4.69, 9.17) is 67.3 Å². The van der Waals surface area contributed by atoms with Gasteiger partial charge in [-0.1, -0.05) is 46.4 Å². The van der Waals surface area contributed by atoms with Gasteiger partial charge in [-0.05, 0) is 43.3 Å². The molecule has 0 unspecified atom stereocenters. The number of halogens is 4. The fraction of sp³-hybridized carbons (Fsp3) is 0.391. The molecule has 2 aliphatic heterocycles. The highest BCUT2D eigenvalue weighted by molar-refractivity contribution is 6.42. The maximum Gasteiger partial charge on any atom is 0.282 e. The summed E-state index contributed by atoms with van der Waals surface area (Å²) in [6.07, 6.45) is 0. The van der Waals surface area contributed by atoms with Crippen LogP contribution in [0.2, 0.25) is 20.1 Å². The van der Waals surface area contributed by atoms with Crippen molar-refractivity contribution in [2.24, 2.45) is 21.5 Å². The van der Waals surface area contributed by atoms with Crippen LogP contribution in [0.25, 0.3) is 0 Å². The molecule has 0 saturated carbocycles. The van der Waals surface area contributed by atoms with Gasteiger partial charge in [0.2, 0.25) is 0 Å². The van der Waals surface area contributed by atoms with Gasteiger partial charge in [-0.25, -0.2) is 9.98 Å². The molecule has 2 heterocycles. The Morgan fingerprint density at radius 2 is 1.29 bits per heavy atom. The maximum absolute atomic E-state index is 6.02. The number of ether oxygens (including phenoxy) is 2. The fourth-order valence-electron chi connectivity index (χ4n) is 3.56. The van der Waals surface area contributed by atoms with Crippen LogP contribution in [-0.2, 0) is 9.47 Å². The highest BCUT2D eigenvalue weighted by atomic mass is 35.5. The van der Waals surface area contributed by atoms with Gasteiger partial charge in [0.15, 0.2) is 0 Å². The Labute approximate surface area is 225 Å². The van der Waals surface area contributed by atoms with Gasteiger partial charge in [0.25, 0.3) is 12.0 Å². The van der Waals surface area contributed by atoms with Gasteiger partial charge in [0.1, 0.15) is 25.3 Å². The molecule has 12 heteroatoms. The molecule has 2 aromatic carbocycles. The number of rotatable bonds is 7. The molecule has 0 aliphatic carbocycles. The second-order valence-electron chi connectivity index (χ2n) is 7.98. The standard InChI is InChI=1S/C12H15Cl2N3O.C11H13Cl2N3O/c1-2-17(6-8-7-18-12(15)16-8)9-3-4-10(13)11(14)5-9;1-16(5-7-6-17-11(14)15-7)8-2-3-9(12)10(13)4-8/h3-5,8H,2,6-7H2,1H3,(H2,15,16);2-4,7H,5-6H2,1H3,(H2,14,15)/t8-;7-/m11/s1. The number of nitrogens with zero attached hydrogens (tertiary/aromatic N) is 4. The molecule has 35 heavy (non-hydrogen) atoms. The molecule has 190 valence electrons. The molecule has 0 radical (unpaired) electrons. The van der Waals surface area contributed by atoms with E-state index in [1.54, 1.807) is 12.1 Å². The Bertz CT molecular complexity index is 1080. The average Bonchev–Trinajstić information content (AvgIpc) is 3.43. The Balaban J connectivity index is 0.000000196. The number of amidine groups is 2. The quantitative estimate of drug-likeness (QED) is 0.509. The van der Waals surface area contributed by atoms with Crippen LogP contribution in [0.1, 0.15) is 6.92 Å². The number of anilines is 2. The molecule has 4 N–H and O–H groups in total. The smallest absolute Gasteiger partial charge is 0.282 e. The molecule has 2 atom stereocenters. The van der Waals surface area contributed by atoms with E-state index in [1.807, 2.05) is 36.2 Å². The Morgan fingerprint density at radius 3 is 1.74 bits per heavy atom. The van der Waals surface area contributed by atoms with Gasteiger partial charge in [-0.3, -0.25) is 0 Å². The SMILES string of the molecule is CCN(C[C@@H]1COC(N)=N1)c1ccc(Cl)c(Cl)c1.CN(C[C@@H]1COC(N)=N1)c1ccc(Cl)c(Cl)c1. The topological polar surface area (TPSA) is 102 Å². The van der Waals surface area contributed by atoms with Crippen LogP contribution in [-0.4, -0.2) is 64.0 Å². The first-order chi connectivity index (χ1) is 16.7. The van der Waals surface area contributed by atoms with Crippen LogP contribution < -0.4 is 21.3 Å². The molecule has 0 fully saturated rings. The monoisotopic (exact) mass is 560 g/mol. The van der Waals surface area contributed by atoms with E-state index in [0.717, 1.165) is 31.0 Å². The van der Waals surface area contributed by atoms with E-state index in [2.05, 4.69) is 21.8 Å². The third kappa shape index (κ3) is 7.87. The van der Waals surface area contributed by atoms with Gasteiger partial charge < -0.3 is 30.7 Å². The van der Waals surface area contributed by atoms with Crippen LogP contribution >= 0.6 is 46.4 Å². The van der Waals surface area contributed by atoms with Crippen molar-refractivity contribution in [2.75, 3.05) is 49.7 Å².